The molecule has 2 aromatic heterocycles. The van der Waals surface area contributed by atoms with E-state index in [0.29, 0.717) is 11.5 Å². The highest BCUT2D eigenvalue weighted by molar-refractivity contribution is 7.98. The number of rotatable bonds is 5. The van der Waals surface area contributed by atoms with Gasteiger partial charge in [0.15, 0.2) is 5.76 Å². The summed E-state index contributed by atoms with van der Waals surface area (Å²) in [5.41, 5.74) is 6.57. The van der Waals surface area contributed by atoms with E-state index in [1.54, 1.807) is 18.0 Å². The Hall–Kier alpha value is -1.20. The number of furan rings is 1. The number of aromatic nitrogens is 1. The Labute approximate surface area is 98.2 Å². The lowest BCUT2D eigenvalue weighted by Gasteiger charge is -2.01. The molecule has 2 heterocycles. The Morgan fingerprint density at radius 1 is 1.50 bits per heavy atom. The van der Waals surface area contributed by atoms with Crippen molar-refractivity contribution in [2.24, 2.45) is 5.73 Å². The summed E-state index contributed by atoms with van der Waals surface area (Å²) in [7, 11) is 0. The molecule has 0 bridgehead atoms. The molecule has 0 amide bonds. The van der Waals surface area contributed by atoms with Crippen molar-refractivity contribution >= 4 is 11.8 Å². The van der Waals surface area contributed by atoms with Crippen molar-refractivity contribution in [2.75, 3.05) is 5.75 Å². The van der Waals surface area contributed by atoms with E-state index in [0.717, 1.165) is 17.2 Å². The van der Waals surface area contributed by atoms with Gasteiger partial charge in [-0.2, -0.15) is 11.8 Å². The van der Waals surface area contributed by atoms with Gasteiger partial charge in [0.2, 0.25) is 5.76 Å². The van der Waals surface area contributed by atoms with E-state index in [9.17, 15) is 0 Å². The third kappa shape index (κ3) is 2.90. The second-order valence-corrected chi connectivity index (χ2v) is 4.68. The van der Waals surface area contributed by atoms with Gasteiger partial charge in [0.05, 0.1) is 12.0 Å². The van der Waals surface area contributed by atoms with Gasteiger partial charge < -0.3 is 14.7 Å². The first-order valence-corrected chi connectivity index (χ1v) is 6.24. The standard InChI is InChI=1S/C11H14N2O2S/c1-8(12)6-16-7-9-5-11(15-13-9)10-3-2-4-14-10/h2-5,8H,6-7,12H2,1H3. The van der Waals surface area contributed by atoms with Crippen molar-refractivity contribution < 1.29 is 8.94 Å². The zero-order chi connectivity index (χ0) is 11.4. The first-order chi connectivity index (χ1) is 7.75. The minimum absolute atomic E-state index is 0.210. The minimum Gasteiger partial charge on any atom is -0.461 e. The van der Waals surface area contributed by atoms with Crippen molar-refractivity contribution in [3.63, 3.8) is 0 Å². The molecular formula is C11H14N2O2S. The van der Waals surface area contributed by atoms with Crippen LogP contribution in [0.1, 0.15) is 12.6 Å². The average molecular weight is 238 g/mol. The molecule has 0 saturated carbocycles. The van der Waals surface area contributed by atoms with Crippen molar-refractivity contribution in [1.29, 1.82) is 0 Å². The largest absolute Gasteiger partial charge is 0.461 e. The van der Waals surface area contributed by atoms with Gasteiger partial charge in [-0.25, -0.2) is 0 Å². The second-order valence-electron chi connectivity index (χ2n) is 3.65. The van der Waals surface area contributed by atoms with Crippen LogP contribution in [-0.4, -0.2) is 17.0 Å². The van der Waals surface area contributed by atoms with Gasteiger partial charge in [-0.3, -0.25) is 0 Å². The first kappa shape index (κ1) is 11.3. The van der Waals surface area contributed by atoms with Crippen molar-refractivity contribution in [2.45, 2.75) is 18.7 Å². The molecule has 0 aliphatic heterocycles. The van der Waals surface area contributed by atoms with Gasteiger partial charge >= 0.3 is 0 Å². The van der Waals surface area contributed by atoms with Crippen LogP contribution in [0.4, 0.5) is 0 Å². The summed E-state index contributed by atoms with van der Waals surface area (Å²) in [4.78, 5) is 0. The van der Waals surface area contributed by atoms with Crippen LogP contribution in [0.25, 0.3) is 11.5 Å². The lowest BCUT2D eigenvalue weighted by Crippen LogP contribution is -2.17. The Morgan fingerprint density at radius 3 is 3.06 bits per heavy atom. The molecule has 0 spiro atoms. The van der Waals surface area contributed by atoms with E-state index >= 15 is 0 Å². The topological polar surface area (TPSA) is 65.2 Å². The Kier molecular flexibility index (Phi) is 3.69. The van der Waals surface area contributed by atoms with Gasteiger partial charge in [-0.1, -0.05) is 5.16 Å². The zero-order valence-corrected chi connectivity index (χ0v) is 9.87. The maximum Gasteiger partial charge on any atom is 0.202 e. The zero-order valence-electron chi connectivity index (χ0n) is 9.05. The van der Waals surface area contributed by atoms with E-state index in [4.69, 9.17) is 14.7 Å². The third-order valence-corrected chi connectivity index (χ3v) is 3.22. The summed E-state index contributed by atoms with van der Waals surface area (Å²) >= 11 is 1.75. The van der Waals surface area contributed by atoms with Crippen molar-refractivity contribution in [3.05, 3.63) is 30.2 Å². The maximum atomic E-state index is 5.66. The van der Waals surface area contributed by atoms with E-state index in [1.807, 2.05) is 25.1 Å². The van der Waals surface area contributed by atoms with Crippen LogP contribution >= 0.6 is 11.8 Å². The van der Waals surface area contributed by atoms with Gasteiger partial charge in [0.1, 0.15) is 0 Å². The van der Waals surface area contributed by atoms with Crippen LogP contribution in [0.5, 0.6) is 0 Å². The van der Waals surface area contributed by atoms with Gasteiger partial charge in [0.25, 0.3) is 0 Å². The highest BCUT2D eigenvalue weighted by Crippen LogP contribution is 2.22. The maximum absolute atomic E-state index is 5.66. The summed E-state index contributed by atoms with van der Waals surface area (Å²) in [6.07, 6.45) is 1.61. The summed E-state index contributed by atoms with van der Waals surface area (Å²) in [5.74, 6) is 3.10. The predicted octanol–water partition coefficient (Wildman–Crippen LogP) is 2.52. The molecule has 2 rings (SSSR count). The molecule has 5 heteroatoms. The third-order valence-electron chi connectivity index (χ3n) is 1.95. The number of hydrogen-bond donors (Lipinski definition) is 1. The fraction of sp³-hybridized carbons (Fsp3) is 0.364. The number of nitrogens with zero attached hydrogens (tertiary/aromatic N) is 1. The molecule has 1 unspecified atom stereocenters. The fourth-order valence-electron chi connectivity index (χ4n) is 1.26. The SMILES string of the molecule is CC(N)CSCc1cc(-c2ccco2)on1. The quantitative estimate of drug-likeness (QED) is 0.867. The van der Waals surface area contributed by atoms with Crippen LogP contribution in [0.2, 0.25) is 0 Å². The minimum atomic E-state index is 0.210. The molecule has 0 aromatic carbocycles. The Bertz CT molecular complexity index is 423. The van der Waals surface area contributed by atoms with Gasteiger partial charge in [-0.15, -0.1) is 0 Å². The molecule has 0 aliphatic rings. The summed E-state index contributed by atoms with van der Waals surface area (Å²) in [6.45, 7) is 1.99. The smallest absolute Gasteiger partial charge is 0.202 e. The monoisotopic (exact) mass is 238 g/mol. The molecule has 16 heavy (non-hydrogen) atoms. The van der Waals surface area contributed by atoms with Gasteiger partial charge in [0, 0.05) is 23.6 Å². The molecule has 4 nitrogen and oxygen atoms in total. The van der Waals surface area contributed by atoms with Crippen LogP contribution in [0, 0.1) is 0 Å². The van der Waals surface area contributed by atoms with E-state index in [-0.39, 0.29) is 6.04 Å². The lowest BCUT2D eigenvalue weighted by atomic mass is 10.3. The Morgan fingerprint density at radius 2 is 2.38 bits per heavy atom. The summed E-state index contributed by atoms with van der Waals surface area (Å²) < 4.78 is 10.4. The molecule has 2 N–H and O–H groups in total. The highest BCUT2D eigenvalue weighted by Gasteiger charge is 2.08. The van der Waals surface area contributed by atoms with E-state index in [2.05, 4.69) is 5.16 Å². The lowest BCUT2D eigenvalue weighted by molar-refractivity contribution is 0.413. The average Bonchev–Trinajstić information content (AvgIpc) is 2.85. The van der Waals surface area contributed by atoms with Crippen molar-refractivity contribution in [3.8, 4) is 11.5 Å². The van der Waals surface area contributed by atoms with Gasteiger partial charge in [-0.05, 0) is 19.1 Å². The van der Waals surface area contributed by atoms with Crippen molar-refractivity contribution in [1.82, 2.24) is 5.16 Å². The fourth-order valence-corrected chi connectivity index (χ4v) is 2.10. The predicted molar refractivity (Wildman–Crippen MR) is 64.0 cm³/mol. The van der Waals surface area contributed by atoms with Crippen LogP contribution in [0.15, 0.2) is 33.4 Å². The van der Waals surface area contributed by atoms with Crippen LogP contribution < -0.4 is 5.73 Å². The normalized spacial score (nSPS) is 12.9. The summed E-state index contributed by atoms with van der Waals surface area (Å²) in [6, 6.07) is 5.77. The molecule has 0 radical (unpaired) electrons. The molecular weight excluding hydrogens is 224 g/mol. The summed E-state index contributed by atoms with van der Waals surface area (Å²) in [5, 5.41) is 3.97. The first-order valence-electron chi connectivity index (χ1n) is 5.08. The Balaban J connectivity index is 1.93. The molecule has 86 valence electrons. The number of hydrogen-bond acceptors (Lipinski definition) is 5. The number of nitrogens with two attached hydrogens (primary N) is 1. The van der Waals surface area contributed by atoms with E-state index < -0.39 is 0 Å². The van der Waals surface area contributed by atoms with E-state index in [1.165, 1.54) is 0 Å². The second kappa shape index (κ2) is 5.23. The van der Waals surface area contributed by atoms with Crippen LogP contribution in [0.3, 0.4) is 0 Å². The highest BCUT2D eigenvalue weighted by atomic mass is 32.2. The molecule has 2 aromatic rings. The molecule has 0 fully saturated rings. The molecule has 1 atom stereocenters. The molecule has 0 aliphatic carbocycles. The molecule has 0 saturated heterocycles. The van der Waals surface area contributed by atoms with Crippen LogP contribution in [-0.2, 0) is 5.75 Å². The number of thioether (sulfide) groups is 1.